The van der Waals surface area contributed by atoms with Gasteiger partial charge >= 0.3 is 0 Å². The van der Waals surface area contributed by atoms with Crippen molar-refractivity contribution in [1.29, 1.82) is 0 Å². The zero-order valence-electron chi connectivity index (χ0n) is 16.8. The Bertz CT molecular complexity index is 581. The molecule has 1 fully saturated rings. The summed E-state index contributed by atoms with van der Waals surface area (Å²) in [7, 11) is 0. The number of rotatable bonds is 7. The Kier molecular flexibility index (Phi) is 7.47. The van der Waals surface area contributed by atoms with Crippen LogP contribution in [0.25, 0.3) is 0 Å². The fourth-order valence-electron chi connectivity index (χ4n) is 3.62. The first-order chi connectivity index (χ1) is 12.3. The normalized spacial score (nSPS) is 18.7. The van der Waals surface area contributed by atoms with Crippen molar-refractivity contribution in [1.82, 2.24) is 4.90 Å². The van der Waals surface area contributed by atoms with Gasteiger partial charge in [-0.2, -0.15) is 0 Å². The number of carbonyl (C=O) groups is 1. The summed E-state index contributed by atoms with van der Waals surface area (Å²) >= 11 is 0. The second-order valence-electron chi connectivity index (χ2n) is 8.11. The molecule has 0 aromatic heterocycles. The molecular formula is C21H36N4O. The van der Waals surface area contributed by atoms with Crippen molar-refractivity contribution in [2.24, 2.45) is 29.2 Å². The number of amides is 1. The molecule has 2 rings (SSSR count). The van der Waals surface area contributed by atoms with Crippen molar-refractivity contribution in [2.45, 2.75) is 40.2 Å². The fourth-order valence-corrected chi connectivity index (χ4v) is 3.62. The summed E-state index contributed by atoms with van der Waals surface area (Å²) in [5.74, 6) is 2.05. The molecule has 0 bridgehead atoms. The van der Waals surface area contributed by atoms with Crippen molar-refractivity contribution < 1.29 is 4.79 Å². The molecule has 26 heavy (non-hydrogen) atoms. The minimum Gasteiger partial charge on any atom is -0.368 e. The molecule has 0 saturated carbocycles. The predicted molar refractivity (Wildman–Crippen MR) is 109 cm³/mol. The number of hydrogen-bond acceptors (Lipinski definition) is 4. The number of nitrogens with zero attached hydrogens (tertiary/aromatic N) is 2. The van der Waals surface area contributed by atoms with Gasteiger partial charge in [0.05, 0.1) is 6.04 Å². The Morgan fingerprint density at radius 3 is 2.35 bits per heavy atom. The molecule has 0 spiro atoms. The third-order valence-electron chi connectivity index (χ3n) is 5.95. The van der Waals surface area contributed by atoms with Crippen LogP contribution in [-0.2, 0) is 11.2 Å². The number of carbonyl (C=O) groups excluding carboxylic acids is 1. The van der Waals surface area contributed by atoms with Crippen LogP contribution >= 0.6 is 0 Å². The van der Waals surface area contributed by atoms with Gasteiger partial charge < -0.3 is 21.3 Å². The summed E-state index contributed by atoms with van der Waals surface area (Å²) in [4.78, 5) is 16.4. The summed E-state index contributed by atoms with van der Waals surface area (Å²) in [6.07, 6.45) is 1.11. The lowest BCUT2D eigenvalue weighted by Gasteiger charge is -2.37. The molecule has 5 heteroatoms. The Balaban J connectivity index is 1.96. The first-order valence-corrected chi connectivity index (χ1v) is 9.91. The SMILES string of the molecule is CC(C)C(C)C(C)Cc1cccc(N2CCN(C(=O)C(N)CN)CC2)c1. The van der Waals surface area contributed by atoms with Gasteiger partial charge in [-0.1, -0.05) is 39.8 Å². The molecule has 1 aliphatic rings. The van der Waals surface area contributed by atoms with Gasteiger partial charge in [-0.3, -0.25) is 4.79 Å². The summed E-state index contributed by atoms with van der Waals surface area (Å²) in [5, 5.41) is 0. The van der Waals surface area contributed by atoms with Crippen LogP contribution in [0, 0.1) is 17.8 Å². The molecule has 0 aliphatic carbocycles. The van der Waals surface area contributed by atoms with Crippen LogP contribution in [0.3, 0.4) is 0 Å². The minimum atomic E-state index is -0.575. The number of nitrogens with two attached hydrogens (primary N) is 2. The molecule has 1 heterocycles. The average molecular weight is 361 g/mol. The van der Waals surface area contributed by atoms with Gasteiger partial charge in [0.2, 0.25) is 5.91 Å². The van der Waals surface area contributed by atoms with Crippen molar-refractivity contribution in [3.63, 3.8) is 0 Å². The molecule has 146 valence electrons. The maximum atomic E-state index is 12.2. The van der Waals surface area contributed by atoms with Gasteiger partial charge in [0.15, 0.2) is 0 Å². The van der Waals surface area contributed by atoms with Crippen LogP contribution in [0.4, 0.5) is 5.69 Å². The average Bonchev–Trinajstić information content (AvgIpc) is 2.66. The van der Waals surface area contributed by atoms with E-state index < -0.39 is 6.04 Å². The number of piperazine rings is 1. The highest BCUT2D eigenvalue weighted by Crippen LogP contribution is 2.26. The lowest BCUT2D eigenvalue weighted by atomic mass is 9.82. The number of hydrogen-bond donors (Lipinski definition) is 2. The topological polar surface area (TPSA) is 75.6 Å². The monoisotopic (exact) mass is 360 g/mol. The maximum absolute atomic E-state index is 12.2. The van der Waals surface area contributed by atoms with Crippen molar-refractivity contribution in [3.8, 4) is 0 Å². The first-order valence-electron chi connectivity index (χ1n) is 9.91. The van der Waals surface area contributed by atoms with Gasteiger partial charge in [0, 0.05) is 38.4 Å². The van der Waals surface area contributed by atoms with Crippen LogP contribution in [0.1, 0.15) is 33.3 Å². The smallest absolute Gasteiger partial charge is 0.240 e. The van der Waals surface area contributed by atoms with Crippen molar-refractivity contribution in [3.05, 3.63) is 29.8 Å². The molecular weight excluding hydrogens is 324 g/mol. The van der Waals surface area contributed by atoms with E-state index in [0.29, 0.717) is 30.8 Å². The molecule has 1 saturated heterocycles. The zero-order chi connectivity index (χ0) is 19.3. The second-order valence-corrected chi connectivity index (χ2v) is 8.11. The molecule has 3 unspecified atom stereocenters. The number of anilines is 1. The predicted octanol–water partition coefficient (Wildman–Crippen LogP) is 2.09. The standard InChI is InChI=1S/C21H36N4O/c1-15(2)17(4)16(3)12-18-6-5-7-19(13-18)24-8-10-25(11-9-24)21(26)20(23)14-22/h5-7,13,15-17,20H,8-12,14,22-23H2,1-4H3. The molecule has 4 N–H and O–H groups in total. The molecule has 1 amide bonds. The Hall–Kier alpha value is -1.59. The van der Waals surface area contributed by atoms with Crippen LogP contribution in [0.15, 0.2) is 24.3 Å². The highest BCUT2D eigenvalue weighted by Gasteiger charge is 2.25. The Morgan fingerprint density at radius 1 is 1.12 bits per heavy atom. The third kappa shape index (κ3) is 5.21. The lowest BCUT2D eigenvalue weighted by molar-refractivity contribution is -0.132. The third-order valence-corrected chi connectivity index (χ3v) is 5.95. The van der Waals surface area contributed by atoms with Crippen LogP contribution < -0.4 is 16.4 Å². The Morgan fingerprint density at radius 2 is 1.77 bits per heavy atom. The fraction of sp³-hybridized carbons (Fsp3) is 0.667. The van der Waals surface area contributed by atoms with Gasteiger partial charge in [-0.05, 0) is 41.9 Å². The van der Waals surface area contributed by atoms with E-state index in [2.05, 4.69) is 56.9 Å². The van der Waals surface area contributed by atoms with E-state index in [1.807, 2.05) is 4.90 Å². The minimum absolute atomic E-state index is 0.0302. The quantitative estimate of drug-likeness (QED) is 0.781. The first kappa shape index (κ1) is 20.7. The summed E-state index contributed by atoms with van der Waals surface area (Å²) in [5.41, 5.74) is 13.9. The van der Waals surface area contributed by atoms with E-state index in [0.717, 1.165) is 19.5 Å². The molecule has 1 aromatic rings. The van der Waals surface area contributed by atoms with E-state index in [1.54, 1.807) is 0 Å². The zero-order valence-corrected chi connectivity index (χ0v) is 16.8. The van der Waals surface area contributed by atoms with Crippen molar-refractivity contribution in [2.75, 3.05) is 37.6 Å². The Labute approximate surface area is 158 Å². The summed E-state index contributed by atoms with van der Waals surface area (Å²) in [6, 6.07) is 8.29. The van der Waals surface area contributed by atoms with E-state index in [1.165, 1.54) is 11.3 Å². The highest BCUT2D eigenvalue weighted by atomic mass is 16.2. The summed E-state index contributed by atoms with van der Waals surface area (Å²) < 4.78 is 0. The van der Waals surface area contributed by atoms with E-state index >= 15 is 0 Å². The van der Waals surface area contributed by atoms with Crippen LogP contribution in [-0.4, -0.2) is 49.6 Å². The van der Waals surface area contributed by atoms with E-state index in [4.69, 9.17) is 11.5 Å². The maximum Gasteiger partial charge on any atom is 0.240 e. The molecule has 5 nitrogen and oxygen atoms in total. The van der Waals surface area contributed by atoms with Gasteiger partial charge in [0.25, 0.3) is 0 Å². The van der Waals surface area contributed by atoms with E-state index in [9.17, 15) is 4.79 Å². The van der Waals surface area contributed by atoms with Gasteiger partial charge in [0.1, 0.15) is 0 Å². The van der Waals surface area contributed by atoms with Crippen molar-refractivity contribution >= 4 is 11.6 Å². The number of benzene rings is 1. The summed E-state index contributed by atoms with van der Waals surface area (Å²) in [6.45, 7) is 12.6. The second kappa shape index (κ2) is 9.38. The van der Waals surface area contributed by atoms with Gasteiger partial charge in [-0.15, -0.1) is 0 Å². The van der Waals surface area contributed by atoms with Gasteiger partial charge in [-0.25, -0.2) is 0 Å². The highest BCUT2D eigenvalue weighted by molar-refractivity contribution is 5.82. The molecule has 0 radical (unpaired) electrons. The molecule has 1 aromatic carbocycles. The van der Waals surface area contributed by atoms with Crippen LogP contribution in [0.5, 0.6) is 0 Å². The molecule has 3 atom stereocenters. The lowest BCUT2D eigenvalue weighted by Crippen LogP contribution is -2.54. The van der Waals surface area contributed by atoms with Crippen LogP contribution in [0.2, 0.25) is 0 Å². The largest absolute Gasteiger partial charge is 0.368 e. The van der Waals surface area contributed by atoms with E-state index in [-0.39, 0.29) is 12.5 Å². The molecule has 1 aliphatic heterocycles.